The molecule has 0 bridgehead atoms. The first-order chi connectivity index (χ1) is 8.28. The van der Waals surface area contributed by atoms with Crippen molar-refractivity contribution >= 4 is 0 Å². The minimum atomic E-state index is 0.448. The number of likely N-dealkylation sites (tertiary alicyclic amines) is 1. The summed E-state index contributed by atoms with van der Waals surface area (Å²) >= 11 is 0. The van der Waals surface area contributed by atoms with E-state index in [0.717, 1.165) is 12.2 Å². The minimum Gasteiger partial charge on any atom is -0.315 e. The minimum absolute atomic E-state index is 0.448. The molecule has 17 heavy (non-hydrogen) atoms. The molecule has 1 aromatic rings. The molecule has 3 heterocycles. The van der Waals surface area contributed by atoms with Crippen molar-refractivity contribution in [2.45, 2.75) is 38.3 Å². The molecule has 1 spiro atoms. The van der Waals surface area contributed by atoms with Crippen molar-refractivity contribution in [3.63, 3.8) is 0 Å². The standard InChI is InChI=1S/C14H21N3/c1-12-4-2-5-13(16-12)10-17-9-7-14(17)6-3-8-15-11-14/h2,4-5,15H,3,6-11H2,1H3/t14-/m1/s1. The number of aromatic nitrogens is 1. The molecule has 2 fully saturated rings. The Bertz CT molecular complexity index is 396. The number of pyridine rings is 1. The number of hydrogen-bond acceptors (Lipinski definition) is 3. The van der Waals surface area contributed by atoms with Gasteiger partial charge >= 0.3 is 0 Å². The maximum atomic E-state index is 4.61. The van der Waals surface area contributed by atoms with Crippen molar-refractivity contribution in [3.8, 4) is 0 Å². The maximum absolute atomic E-state index is 4.61. The molecule has 3 nitrogen and oxygen atoms in total. The number of rotatable bonds is 2. The summed E-state index contributed by atoms with van der Waals surface area (Å²) in [5.74, 6) is 0. The van der Waals surface area contributed by atoms with Crippen molar-refractivity contribution in [1.82, 2.24) is 15.2 Å². The van der Waals surface area contributed by atoms with Gasteiger partial charge in [0.15, 0.2) is 0 Å². The normalized spacial score (nSPS) is 29.2. The van der Waals surface area contributed by atoms with Gasteiger partial charge in [-0.1, -0.05) is 6.07 Å². The summed E-state index contributed by atoms with van der Waals surface area (Å²) in [5.41, 5.74) is 2.79. The van der Waals surface area contributed by atoms with Crippen molar-refractivity contribution in [2.75, 3.05) is 19.6 Å². The highest BCUT2D eigenvalue weighted by Crippen LogP contribution is 2.37. The van der Waals surface area contributed by atoms with Crippen LogP contribution in [0.1, 0.15) is 30.7 Å². The smallest absolute Gasteiger partial charge is 0.0547 e. The van der Waals surface area contributed by atoms with Gasteiger partial charge in [0.2, 0.25) is 0 Å². The highest BCUT2D eigenvalue weighted by molar-refractivity contribution is 5.12. The fraction of sp³-hybridized carbons (Fsp3) is 0.643. The summed E-state index contributed by atoms with van der Waals surface area (Å²) in [7, 11) is 0. The molecule has 2 saturated heterocycles. The lowest BCUT2D eigenvalue weighted by Crippen LogP contribution is -2.65. The molecular weight excluding hydrogens is 210 g/mol. The van der Waals surface area contributed by atoms with Gasteiger partial charge in [-0.15, -0.1) is 0 Å². The molecule has 0 unspecified atom stereocenters. The summed E-state index contributed by atoms with van der Waals surface area (Å²) in [6.45, 7) is 6.68. The molecule has 1 N–H and O–H groups in total. The van der Waals surface area contributed by atoms with E-state index in [1.165, 1.54) is 44.6 Å². The summed E-state index contributed by atoms with van der Waals surface area (Å²) in [5, 5.41) is 3.54. The first-order valence-electron chi connectivity index (χ1n) is 6.67. The molecule has 1 aromatic heterocycles. The van der Waals surface area contributed by atoms with Gasteiger partial charge < -0.3 is 5.32 Å². The largest absolute Gasteiger partial charge is 0.315 e. The average Bonchev–Trinajstić information content (AvgIpc) is 2.36. The van der Waals surface area contributed by atoms with Crippen LogP contribution in [0.5, 0.6) is 0 Å². The van der Waals surface area contributed by atoms with Gasteiger partial charge in [-0.2, -0.15) is 0 Å². The van der Waals surface area contributed by atoms with E-state index in [2.05, 4.69) is 40.3 Å². The monoisotopic (exact) mass is 231 g/mol. The quantitative estimate of drug-likeness (QED) is 0.840. The molecule has 0 aliphatic carbocycles. The molecule has 0 amide bonds. The van der Waals surface area contributed by atoms with Crippen LogP contribution in [0.3, 0.4) is 0 Å². The van der Waals surface area contributed by atoms with Gasteiger partial charge in [0.25, 0.3) is 0 Å². The Labute approximate surface area is 103 Å². The predicted octanol–water partition coefficient (Wildman–Crippen LogP) is 1.72. The van der Waals surface area contributed by atoms with Crippen molar-refractivity contribution in [2.24, 2.45) is 0 Å². The van der Waals surface area contributed by atoms with Crippen LogP contribution < -0.4 is 5.32 Å². The summed E-state index contributed by atoms with van der Waals surface area (Å²) in [6.07, 6.45) is 4.02. The highest BCUT2D eigenvalue weighted by Gasteiger charge is 2.44. The lowest BCUT2D eigenvalue weighted by Gasteiger charge is -2.55. The van der Waals surface area contributed by atoms with E-state index in [-0.39, 0.29) is 0 Å². The Morgan fingerprint density at radius 3 is 3.00 bits per heavy atom. The van der Waals surface area contributed by atoms with E-state index in [1.807, 2.05) is 0 Å². The van der Waals surface area contributed by atoms with Crippen LogP contribution in [0.4, 0.5) is 0 Å². The predicted molar refractivity (Wildman–Crippen MR) is 68.8 cm³/mol. The van der Waals surface area contributed by atoms with E-state index in [9.17, 15) is 0 Å². The zero-order valence-electron chi connectivity index (χ0n) is 10.6. The molecule has 2 aliphatic heterocycles. The molecule has 1 atom stereocenters. The molecular formula is C14H21N3. The van der Waals surface area contributed by atoms with Crippen molar-refractivity contribution in [1.29, 1.82) is 0 Å². The molecule has 0 saturated carbocycles. The number of nitrogens with one attached hydrogen (secondary N) is 1. The molecule has 92 valence electrons. The number of nitrogens with zero attached hydrogens (tertiary/aromatic N) is 2. The Hall–Kier alpha value is -0.930. The summed E-state index contributed by atoms with van der Waals surface area (Å²) < 4.78 is 0. The Morgan fingerprint density at radius 2 is 2.35 bits per heavy atom. The van der Waals surface area contributed by atoms with Gasteiger partial charge in [0.05, 0.1) is 5.69 Å². The Morgan fingerprint density at radius 1 is 1.41 bits per heavy atom. The lowest BCUT2D eigenvalue weighted by atomic mass is 9.78. The van der Waals surface area contributed by atoms with Gasteiger partial charge in [-0.05, 0) is 44.9 Å². The van der Waals surface area contributed by atoms with Gasteiger partial charge in [-0.25, -0.2) is 0 Å². The first-order valence-corrected chi connectivity index (χ1v) is 6.67. The lowest BCUT2D eigenvalue weighted by molar-refractivity contribution is -0.0394. The van der Waals surface area contributed by atoms with Gasteiger partial charge in [-0.3, -0.25) is 9.88 Å². The zero-order valence-corrected chi connectivity index (χ0v) is 10.6. The van der Waals surface area contributed by atoms with E-state index in [4.69, 9.17) is 0 Å². The number of aryl methyl sites for hydroxylation is 1. The summed E-state index contributed by atoms with van der Waals surface area (Å²) in [6, 6.07) is 6.33. The second-order valence-corrected chi connectivity index (χ2v) is 5.45. The third kappa shape index (κ3) is 2.09. The first kappa shape index (κ1) is 11.2. The number of hydrogen-bond donors (Lipinski definition) is 1. The fourth-order valence-electron chi connectivity index (χ4n) is 3.15. The average molecular weight is 231 g/mol. The fourth-order valence-corrected chi connectivity index (χ4v) is 3.15. The van der Waals surface area contributed by atoms with Gasteiger partial charge in [0, 0.05) is 30.9 Å². The third-order valence-corrected chi connectivity index (χ3v) is 4.27. The van der Waals surface area contributed by atoms with Crippen molar-refractivity contribution < 1.29 is 0 Å². The molecule has 0 radical (unpaired) electrons. The second-order valence-electron chi connectivity index (χ2n) is 5.45. The second kappa shape index (κ2) is 4.39. The van der Waals surface area contributed by atoms with E-state index in [1.54, 1.807) is 0 Å². The molecule has 0 aromatic carbocycles. The van der Waals surface area contributed by atoms with Gasteiger partial charge in [0.1, 0.15) is 0 Å². The van der Waals surface area contributed by atoms with Crippen LogP contribution >= 0.6 is 0 Å². The molecule has 3 rings (SSSR count). The van der Waals surface area contributed by atoms with Crippen molar-refractivity contribution in [3.05, 3.63) is 29.6 Å². The van der Waals surface area contributed by atoms with Crippen LogP contribution in [0.2, 0.25) is 0 Å². The van der Waals surface area contributed by atoms with E-state index >= 15 is 0 Å². The molecule has 3 heteroatoms. The molecule has 2 aliphatic rings. The Balaban J connectivity index is 1.69. The van der Waals surface area contributed by atoms with Crippen LogP contribution in [0.15, 0.2) is 18.2 Å². The summed E-state index contributed by atoms with van der Waals surface area (Å²) in [4.78, 5) is 7.22. The highest BCUT2D eigenvalue weighted by atomic mass is 15.3. The van der Waals surface area contributed by atoms with Crippen LogP contribution in [-0.4, -0.2) is 35.1 Å². The van der Waals surface area contributed by atoms with Crippen LogP contribution in [0.25, 0.3) is 0 Å². The van der Waals surface area contributed by atoms with Crippen LogP contribution in [-0.2, 0) is 6.54 Å². The topological polar surface area (TPSA) is 28.2 Å². The van der Waals surface area contributed by atoms with Crippen LogP contribution in [0, 0.1) is 6.92 Å². The zero-order chi connectivity index (χ0) is 11.7. The third-order valence-electron chi connectivity index (χ3n) is 4.27. The SMILES string of the molecule is Cc1cccc(CN2CC[C@@]23CCCNC3)n1. The van der Waals surface area contributed by atoms with E-state index in [0.29, 0.717) is 5.54 Å². The Kier molecular flexibility index (Phi) is 2.89. The number of piperidine rings is 1. The maximum Gasteiger partial charge on any atom is 0.0547 e. The van der Waals surface area contributed by atoms with E-state index < -0.39 is 0 Å².